The van der Waals surface area contributed by atoms with E-state index in [4.69, 9.17) is 0 Å². The molecule has 1 aliphatic rings. The van der Waals surface area contributed by atoms with Gasteiger partial charge in [-0.3, -0.25) is 4.99 Å². The third-order valence-corrected chi connectivity index (χ3v) is 5.51. The van der Waals surface area contributed by atoms with Gasteiger partial charge in [0.2, 0.25) is 0 Å². The van der Waals surface area contributed by atoms with Gasteiger partial charge in [-0.2, -0.15) is 0 Å². The van der Waals surface area contributed by atoms with Crippen LogP contribution in [0.3, 0.4) is 0 Å². The lowest BCUT2D eigenvalue weighted by atomic mass is 10.1. The van der Waals surface area contributed by atoms with E-state index in [1.807, 2.05) is 30.3 Å². The summed E-state index contributed by atoms with van der Waals surface area (Å²) in [5.41, 5.74) is 2.78. The van der Waals surface area contributed by atoms with Crippen LogP contribution in [0.25, 0.3) is 0 Å². The van der Waals surface area contributed by atoms with E-state index in [2.05, 4.69) is 51.4 Å². The highest BCUT2D eigenvalue weighted by molar-refractivity contribution is 5.80. The Morgan fingerprint density at radius 2 is 1.83 bits per heavy atom. The summed E-state index contributed by atoms with van der Waals surface area (Å²) < 4.78 is 14.7. The number of rotatable bonds is 6. The third kappa shape index (κ3) is 5.70. The second-order valence-corrected chi connectivity index (χ2v) is 7.41. The first-order valence-corrected chi connectivity index (χ1v) is 10.4. The number of benzene rings is 2. The third-order valence-electron chi connectivity index (χ3n) is 5.51. The van der Waals surface area contributed by atoms with Crippen LogP contribution in [0.15, 0.2) is 53.5 Å². The molecule has 1 saturated heterocycles. The molecule has 0 amide bonds. The number of anilines is 1. The first-order chi connectivity index (χ1) is 14.1. The van der Waals surface area contributed by atoms with E-state index >= 15 is 0 Å². The topological polar surface area (TPSA) is 42.9 Å². The van der Waals surface area contributed by atoms with Crippen molar-refractivity contribution in [3.8, 4) is 0 Å². The largest absolute Gasteiger partial charge is 0.367 e. The first-order valence-electron chi connectivity index (χ1n) is 10.4. The average Bonchev–Trinajstić information content (AvgIpc) is 2.77. The summed E-state index contributed by atoms with van der Waals surface area (Å²) in [7, 11) is 1.74. The summed E-state index contributed by atoms with van der Waals surface area (Å²) >= 11 is 0. The molecule has 29 heavy (non-hydrogen) atoms. The van der Waals surface area contributed by atoms with Crippen LogP contribution >= 0.6 is 0 Å². The Balaban J connectivity index is 1.55. The van der Waals surface area contributed by atoms with E-state index < -0.39 is 0 Å². The van der Waals surface area contributed by atoms with Crippen molar-refractivity contribution in [2.24, 2.45) is 4.99 Å². The normalized spacial score (nSPS) is 16.6. The highest BCUT2D eigenvalue weighted by atomic mass is 19.1. The maximum absolute atomic E-state index is 14.7. The maximum Gasteiger partial charge on any atom is 0.191 e. The summed E-state index contributed by atoms with van der Waals surface area (Å²) in [6, 6.07) is 15.9. The monoisotopic (exact) mass is 397 g/mol. The Labute approximate surface area is 173 Å². The van der Waals surface area contributed by atoms with Gasteiger partial charge in [-0.25, -0.2) is 4.39 Å². The van der Waals surface area contributed by atoms with E-state index in [1.165, 1.54) is 5.56 Å². The minimum atomic E-state index is -0.158. The molecule has 0 aliphatic carbocycles. The average molecular weight is 398 g/mol. The van der Waals surface area contributed by atoms with Gasteiger partial charge >= 0.3 is 0 Å². The van der Waals surface area contributed by atoms with Crippen LogP contribution in [0, 0.1) is 5.82 Å². The number of hydrogen-bond donors (Lipinski definition) is 2. The van der Waals surface area contributed by atoms with Crippen molar-refractivity contribution in [1.29, 1.82) is 0 Å². The van der Waals surface area contributed by atoms with Gasteiger partial charge in [0.05, 0.1) is 11.7 Å². The van der Waals surface area contributed by atoms with Gasteiger partial charge in [-0.05, 0) is 36.7 Å². The van der Waals surface area contributed by atoms with E-state index in [0.29, 0.717) is 18.2 Å². The number of guanidine groups is 1. The van der Waals surface area contributed by atoms with Crippen molar-refractivity contribution < 1.29 is 4.39 Å². The van der Waals surface area contributed by atoms with Crippen LogP contribution in [0.2, 0.25) is 0 Å². The quantitative estimate of drug-likeness (QED) is 0.579. The summed E-state index contributed by atoms with van der Waals surface area (Å²) in [6.45, 7) is 9.55. The summed E-state index contributed by atoms with van der Waals surface area (Å²) in [5, 5.41) is 6.65. The molecule has 6 heteroatoms. The fourth-order valence-corrected chi connectivity index (χ4v) is 3.63. The molecular formula is C23H32FN5. The summed E-state index contributed by atoms with van der Waals surface area (Å²) in [4.78, 5) is 8.82. The van der Waals surface area contributed by atoms with Gasteiger partial charge in [0.15, 0.2) is 5.96 Å². The number of likely N-dealkylation sites (N-methyl/N-ethyl adjacent to an activating group) is 1. The predicted octanol–water partition coefficient (Wildman–Crippen LogP) is 3.39. The second kappa shape index (κ2) is 10.3. The van der Waals surface area contributed by atoms with Crippen molar-refractivity contribution in [1.82, 2.24) is 15.5 Å². The minimum Gasteiger partial charge on any atom is -0.367 e. The van der Waals surface area contributed by atoms with Crippen LogP contribution < -0.4 is 15.5 Å². The van der Waals surface area contributed by atoms with Gasteiger partial charge < -0.3 is 20.4 Å². The molecule has 2 aromatic rings. The molecule has 0 spiro atoms. The Bertz CT molecular complexity index is 800. The summed E-state index contributed by atoms with van der Waals surface area (Å²) in [5.74, 6) is 0.538. The fourth-order valence-electron chi connectivity index (χ4n) is 3.63. The van der Waals surface area contributed by atoms with Crippen molar-refractivity contribution in [3.63, 3.8) is 0 Å². The maximum atomic E-state index is 14.7. The second-order valence-electron chi connectivity index (χ2n) is 7.41. The van der Waals surface area contributed by atoms with Gasteiger partial charge in [0.25, 0.3) is 0 Å². The zero-order valence-electron chi connectivity index (χ0n) is 17.7. The Morgan fingerprint density at radius 3 is 2.45 bits per heavy atom. The van der Waals surface area contributed by atoms with Crippen molar-refractivity contribution in [2.45, 2.75) is 26.4 Å². The Hall–Kier alpha value is -2.60. The summed E-state index contributed by atoms with van der Waals surface area (Å²) in [6.07, 6.45) is 0. The Morgan fingerprint density at radius 1 is 1.10 bits per heavy atom. The number of aliphatic imine (C=N–C) groups is 1. The number of nitrogens with one attached hydrogen (secondary N) is 2. The van der Waals surface area contributed by atoms with E-state index in [1.54, 1.807) is 13.1 Å². The molecule has 0 radical (unpaired) electrons. The molecule has 5 nitrogen and oxygen atoms in total. The lowest BCUT2D eigenvalue weighted by Gasteiger charge is -2.35. The van der Waals surface area contributed by atoms with Crippen LogP contribution in [0.1, 0.15) is 31.0 Å². The minimum absolute atomic E-state index is 0.128. The highest BCUT2D eigenvalue weighted by Crippen LogP contribution is 2.22. The lowest BCUT2D eigenvalue weighted by molar-refractivity contribution is 0.270. The van der Waals surface area contributed by atoms with Crippen LogP contribution in [-0.4, -0.2) is 50.6 Å². The molecule has 156 valence electrons. The van der Waals surface area contributed by atoms with E-state index in [9.17, 15) is 4.39 Å². The van der Waals surface area contributed by atoms with Gasteiger partial charge in [0, 0.05) is 39.8 Å². The Kier molecular flexibility index (Phi) is 7.47. The highest BCUT2D eigenvalue weighted by Gasteiger charge is 2.18. The van der Waals surface area contributed by atoms with E-state index in [0.717, 1.165) is 38.3 Å². The molecule has 0 saturated carbocycles. The molecule has 0 aromatic heterocycles. The van der Waals surface area contributed by atoms with Crippen LogP contribution in [0.4, 0.5) is 10.1 Å². The lowest BCUT2D eigenvalue weighted by Crippen LogP contribution is -2.46. The zero-order chi connectivity index (χ0) is 20.6. The number of piperazine rings is 1. The molecule has 0 bridgehead atoms. The van der Waals surface area contributed by atoms with Gasteiger partial charge in [-0.15, -0.1) is 0 Å². The number of halogens is 1. The van der Waals surface area contributed by atoms with Crippen molar-refractivity contribution >= 4 is 11.6 Å². The molecule has 3 rings (SSSR count). The van der Waals surface area contributed by atoms with Crippen molar-refractivity contribution in [3.05, 3.63) is 65.5 Å². The molecule has 1 unspecified atom stereocenters. The SMILES string of the molecule is CCN1CCN(c2ccc(CNC(=NC)NC(C)c3ccccc3)cc2F)CC1. The molecule has 1 heterocycles. The van der Waals surface area contributed by atoms with Crippen molar-refractivity contribution in [2.75, 3.05) is 44.7 Å². The molecule has 1 fully saturated rings. The molecule has 2 N–H and O–H groups in total. The molecule has 1 aliphatic heterocycles. The molecule has 2 aromatic carbocycles. The number of hydrogen-bond acceptors (Lipinski definition) is 3. The molecular weight excluding hydrogens is 365 g/mol. The predicted molar refractivity (Wildman–Crippen MR) is 119 cm³/mol. The molecule has 1 atom stereocenters. The van der Waals surface area contributed by atoms with Gasteiger partial charge in [0.1, 0.15) is 5.82 Å². The first kappa shape index (κ1) is 21.1. The zero-order valence-corrected chi connectivity index (χ0v) is 17.7. The van der Waals surface area contributed by atoms with Crippen LogP contribution in [0.5, 0.6) is 0 Å². The van der Waals surface area contributed by atoms with E-state index in [-0.39, 0.29) is 11.9 Å². The fraction of sp³-hybridized carbons (Fsp3) is 0.435. The van der Waals surface area contributed by atoms with Gasteiger partial charge in [-0.1, -0.05) is 43.3 Å². The smallest absolute Gasteiger partial charge is 0.191 e. The van der Waals surface area contributed by atoms with Crippen LogP contribution in [-0.2, 0) is 6.54 Å². The number of nitrogens with zero attached hydrogens (tertiary/aromatic N) is 3. The standard InChI is InChI=1S/C23H32FN5/c1-4-28-12-14-29(15-13-28)22-11-10-19(16-21(22)24)17-26-23(25-3)27-18(2)20-8-6-5-7-9-20/h5-11,16,18H,4,12-15,17H2,1-3H3,(H2,25,26,27).